The summed E-state index contributed by atoms with van der Waals surface area (Å²) in [5, 5.41) is 20.0. The van der Waals surface area contributed by atoms with Gasteiger partial charge in [-0.3, -0.25) is 29.0 Å². The van der Waals surface area contributed by atoms with Crippen LogP contribution in [0.2, 0.25) is 0 Å². The summed E-state index contributed by atoms with van der Waals surface area (Å²) in [7, 11) is 1.42. The van der Waals surface area contributed by atoms with Gasteiger partial charge in [0.25, 0.3) is 5.91 Å². The molecule has 72 heavy (non-hydrogen) atoms. The van der Waals surface area contributed by atoms with E-state index in [9.17, 15) is 29.2 Å². The molecule has 6 rings (SSSR count). The van der Waals surface area contributed by atoms with Crippen molar-refractivity contribution >= 4 is 35.2 Å². The number of aromatic nitrogens is 1. The average molecular weight is 988 g/mol. The predicted molar refractivity (Wildman–Crippen MR) is 273 cm³/mol. The largest absolute Gasteiger partial charge is 0.493 e. The summed E-state index contributed by atoms with van der Waals surface area (Å²) in [5.74, 6) is -1.80. The first kappa shape index (κ1) is 54.1. The van der Waals surface area contributed by atoms with E-state index < -0.39 is 53.7 Å². The Labute approximate surface area is 421 Å². The van der Waals surface area contributed by atoms with Gasteiger partial charge in [-0.2, -0.15) is 5.26 Å². The maximum Gasteiger partial charge on any atom is 0.255 e. The van der Waals surface area contributed by atoms with E-state index in [-0.39, 0.29) is 56.5 Å². The Hall–Kier alpha value is -7.27. The van der Waals surface area contributed by atoms with Gasteiger partial charge in [-0.15, -0.1) is 0 Å². The van der Waals surface area contributed by atoms with Crippen molar-refractivity contribution in [2.24, 2.45) is 17.2 Å². The lowest BCUT2D eigenvalue weighted by atomic mass is 9.93. The van der Waals surface area contributed by atoms with Crippen LogP contribution in [0.25, 0.3) is 22.4 Å². The predicted octanol–water partition coefficient (Wildman–Crippen LogP) is 3.70. The van der Waals surface area contributed by atoms with E-state index >= 15 is 0 Å². The van der Waals surface area contributed by atoms with Crippen molar-refractivity contribution in [2.75, 3.05) is 52.2 Å². The number of nitriles is 1. The number of likely N-dealkylation sites (N-methyl/N-ethyl adjacent to an activating group) is 1. The molecule has 1 aliphatic carbocycles. The van der Waals surface area contributed by atoms with Crippen LogP contribution in [-0.4, -0.2) is 110 Å². The van der Waals surface area contributed by atoms with Gasteiger partial charge in [0.2, 0.25) is 23.6 Å². The Kier molecular flexibility index (Phi) is 19.7. The number of aryl methyl sites for hydroxylation is 1. The second kappa shape index (κ2) is 26.3. The maximum atomic E-state index is 14.8. The minimum Gasteiger partial charge on any atom is -0.493 e. The van der Waals surface area contributed by atoms with Gasteiger partial charge in [0, 0.05) is 35.8 Å². The third kappa shape index (κ3) is 14.0. The molecule has 0 spiro atoms. The van der Waals surface area contributed by atoms with Gasteiger partial charge in [-0.1, -0.05) is 25.0 Å². The molecular weight excluding hydrogens is 919 g/mol. The van der Waals surface area contributed by atoms with Crippen LogP contribution in [0.1, 0.15) is 97.9 Å². The zero-order valence-corrected chi connectivity index (χ0v) is 41.5. The van der Waals surface area contributed by atoms with Gasteiger partial charge in [0.15, 0.2) is 0 Å². The monoisotopic (exact) mass is 988 g/mol. The molecule has 4 aromatic rings. The van der Waals surface area contributed by atoms with Crippen molar-refractivity contribution in [1.29, 1.82) is 5.26 Å². The van der Waals surface area contributed by atoms with E-state index in [1.807, 2.05) is 30.3 Å². The number of carbonyl (C=O) groups is 5. The number of anilines is 1. The van der Waals surface area contributed by atoms with Crippen LogP contribution in [0.5, 0.6) is 17.2 Å². The first-order chi connectivity index (χ1) is 34.8. The van der Waals surface area contributed by atoms with Crippen molar-refractivity contribution in [2.45, 2.75) is 108 Å². The summed E-state index contributed by atoms with van der Waals surface area (Å²) in [5.41, 5.74) is 28.1. The molecule has 4 unspecified atom stereocenters. The second-order valence-corrected chi connectivity index (χ2v) is 18.2. The normalized spacial score (nSPS) is 17.7. The topological polar surface area (TPSA) is 305 Å². The highest BCUT2D eigenvalue weighted by Crippen LogP contribution is 2.40. The average Bonchev–Trinajstić information content (AvgIpc) is 3.64. The number of carbonyl (C=O) groups excluding carboxylic acids is 5. The Morgan fingerprint density at radius 3 is 2.14 bits per heavy atom. The standard InChI is InChI=1S/C53H69N11O8/c1-32-47(41(58)31-43(60-32)35-13-16-38(17-14-35)72-37-10-6-4-5-7-11-37)51(67)62-42(20-23-56)53(69)64(3)48-36-15-19-46(71-27-9-22-55)40(30-36)39-28-34(12-18-45(39)70-26-8-21-54)29-44(50(66)59-25-24-57)63-49(65)33(2)61-52(48)68/h12-19,28,30-31,33,37,42,44,48H,4-11,20-23,25-27,29,54-56H2,1-3H3,(H2,58,60)(H,59,66)(H,61,68)(H,62,67)(H,63,65). The second-order valence-electron chi connectivity index (χ2n) is 18.2. The van der Waals surface area contributed by atoms with Crippen molar-refractivity contribution in [3.63, 3.8) is 0 Å². The molecule has 12 N–H and O–H groups in total. The van der Waals surface area contributed by atoms with E-state index in [4.69, 9.17) is 42.1 Å². The van der Waals surface area contributed by atoms with E-state index in [0.29, 0.717) is 71.1 Å². The van der Waals surface area contributed by atoms with Gasteiger partial charge >= 0.3 is 0 Å². The number of pyridine rings is 1. The van der Waals surface area contributed by atoms with Gasteiger partial charge in [-0.25, -0.2) is 0 Å². The summed E-state index contributed by atoms with van der Waals surface area (Å²) in [6.07, 6.45) is 8.09. The number of ether oxygens (including phenoxy) is 3. The highest BCUT2D eigenvalue weighted by atomic mass is 16.5. The summed E-state index contributed by atoms with van der Waals surface area (Å²) in [4.78, 5) is 76.9. The molecule has 4 atom stereocenters. The molecule has 4 bridgehead atoms. The van der Waals surface area contributed by atoms with E-state index in [2.05, 4.69) is 21.3 Å². The Bertz CT molecular complexity index is 2550. The van der Waals surface area contributed by atoms with E-state index in [1.165, 1.54) is 31.7 Å². The molecular formula is C53H69N11O8. The number of hydrogen-bond donors (Lipinski definition) is 8. The van der Waals surface area contributed by atoms with Crippen LogP contribution in [-0.2, 0) is 25.6 Å². The molecule has 5 amide bonds. The zero-order chi connectivity index (χ0) is 51.7. The molecule has 3 aromatic carbocycles. The number of nitrogens with two attached hydrogens (primary N) is 4. The van der Waals surface area contributed by atoms with Crippen LogP contribution in [0.3, 0.4) is 0 Å². The van der Waals surface area contributed by atoms with Crippen LogP contribution in [0.15, 0.2) is 66.7 Å². The van der Waals surface area contributed by atoms with Crippen LogP contribution in [0.4, 0.5) is 5.69 Å². The fraction of sp³-hybridized carbons (Fsp3) is 0.453. The number of fused-ring (bicyclic) bond motifs is 5. The molecule has 2 heterocycles. The fourth-order valence-corrected chi connectivity index (χ4v) is 8.95. The highest BCUT2D eigenvalue weighted by Gasteiger charge is 2.36. The third-order valence-electron chi connectivity index (χ3n) is 12.8. The molecule has 2 aliphatic rings. The highest BCUT2D eigenvalue weighted by molar-refractivity contribution is 6.03. The van der Waals surface area contributed by atoms with Crippen LogP contribution < -0.4 is 58.4 Å². The van der Waals surface area contributed by atoms with Crippen molar-refractivity contribution < 1.29 is 38.2 Å². The molecule has 0 saturated heterocycles. The van der Waals surface area contributed by atoms with Crippen molar-refractivity contribution in [3.05, 3.63) is 89.1 Å². The summed E-state index contributed by atoms with van der Waals surface area (Å²) >= 11 is 0. The van der Waals surface area contributed by atoms with Crippen molar-refractivity contribution in [3.8, 4) is 45.7 Å². The summed E-state index contributed by atoms with van der Waals surface area (Å²) in [6.45, 7) is 4.04. The summed E-state index contributed by atoms with van der Waals surface area (Å²) < 4.78 is 18.8. The Morgan fingerprint density at radius 1 is 0.861 bits per heavy atom. The first-order valence-electron chi connectivity index (χ1n) is 24.8. The summed E-state index contributed by atoms with van der Waals surface area (Å²) in [6, 6.07) is 16.4. The number of nitrogen functional groups attached to an aromatic ring is 1. The minimum absolute atomic E-state index is 0.00619. The van der Waals surface area contributed by atoms with Gasteiger partial charge < -0.3 is 63.3 Å². The lowest BCUT2D eigenvalue weighted by Crippen LogP contribution is -2.56. The van der Waals surface area contributed by atoms with E-state index in [0.717, 1.165) is 37.0 Å². The number of nitrogens with zero attached hydrogens (tertiary/aromatic N) is 3. The minimum atomic E-state index is -1.42. The number of hydrogen-bond acceptors (Lipinski definition) is 14. The quantitative estimate of drug-likeness (QED) is 0.0378. The molecule has 1 saturated carbocycles. The lowest BCUT2D eigenvalue weighted by molar-refractivity contribution is -0.141. The van der Waals surface area contributed by atoms with Crippen LogP contribution >= 0.6 is 0 Å². The van der Waals surface area contributed by atoms with Gasteiger partial charge in [0.1, 0.15) is 48.0 Å². The molecule has 19 heteroatoms. The SMILES string of the molecule is Cc1nc(-c2ccc(OC3CCCCCC3)cc2)cc(N)c1C(=O)NC(CCN)C(=O)N(C)C1C(=O)NC(C)C(=O)NC(C(=O)NCC#N)Cc2ccc(OCCCN)c(c2)-c2cc1ccc2OCCCN. The third-order valence-corrected chi connectivity index (χ3v) is 12.8. The van der Waals surface area contributed by atoms with Crippen LogP contribution in [0, 0.1) is 18.3 Å². The molecule has 0 radical (unpaired) electrons. The van der Waals surface area contributed by atoms with E-state index in [1.54, 1.807) is 49.4 Å². The maximum absolute atomic E-state index is 14.8. The first-order valence-corrected chi connectivity index (χ1v) is 24.8. The number of amides is 5. The fourth-order valence-electron chi connectivity index (χ4n) is 8.95. The number of benzene rings is 3. The number of nitrogens with one attached hydrogen (secondary N) is 4. The van der Waals surface area contributed by atoms with Gasteiger partial charge in [-0.05, 0) is 144 Å². The lowest BCUT2D eigenvalue weighted by Gasteiger charge is -2.32. The molecule has 1 aliphatic heterocycles. The Morgan fingerprint density at radius 2 is 1.51 bits per heavy atom. The molecule has 1 fully saturated rings. The molecule has 19 nitrogen and oxygen atoms in total. The van der Waals surface area contributed by atoms with Crippen molar-refractivity contribution in [1.82, 2.24) is 31.2 Å². The smallest absolute Gasteiger partial charge is 0.255 e. The molecule has 1 aromatic heterocycles. The number of rotatable bonds is 19. The van der Waals surface area contributed by atoms with Gasteiger partial charge in [0.05, 0.1) is 42.3 Å². The molecule has 384 valence electrons. The zero-order valence-electron chi connectivity index (χ0n) is 41.5. The Balaban J connectivity index is 1.34.